The maximum atomic E-state index is 12.4. The van der Waals surface area contributed by atoms with Crippen LogP contribution in [0.4, 0.5) is 11.5 Å². The number of aryl methyl sites for hydroxylation is 1. The zero-order chi connectivity index (χ0) is 17.4. The number of hydrogen-bond donors (Lipinski definition) is 1. The highest BCUT2D eigenvalue weighted by Gasteiger charge is 2.19. The van der Waals surface area contributed by atoms with Gasteiger partial charge in [0, 0.05) is 18.2 Å². The van der Waals surface area contributed by atoms with E-state index in [1.165, 1.54) is 0 Å². The van der Waals surface area contributed by atoms with Gasteiger partial charge in [-0.3, -0.25) is 4.57 Å². The van der Waals surface area contributed by atoms with Crippen molar-refractivity contribution in [1.29, 1.82) is 0 Å². The lowest BCUT2D eigenvalue weighted by atomic mass is 9.97. The quantitative estimate of drug-likeness (QED) is 0.776. The molecule has 0 aliphatic carbocycles. The first-order valence-electron chi connectivity index (χ1n) is 7.96. The molecule has 1 aliphatic rings. The summed E-state index contributed by atoms with van der Waals surface area (Å²) in [6, 6.07) is 15.2. The van der Waals surface area contributed by atoms with Gasteiger partial charge in [-0.1, -0.05) is 23.7 Å². The van der Waals surface area contributed by atoms with Crippen molar-refractivity contribution in [3.63, 3.8) is 0 Å². The molecular formula is C19H16ClN3O2. The smallest absolute Gasteiger partial charge is 0.350 e. The van der Waals surface area contributed by atoms with Gasteiger partial charge in [-0.15, -0.1) is 0 Å². The summed E-state index contributed by atoms with van der Waals surface area (Å²) in [5.41, 5.74) is 3.47. The van der Waals surface area contributed by atoms with Gasteiger partial charge in [-0.2, -0.15) is 4.98 Å². The second-order valence-electron chi connectivity index (χ2n) is 5.84. The van der Waals surface area contributed by atoms with Crippen LogP contribution in [0.1, 0.15) is 5.56 Å². The fourth-order valence-corrected chi connectivity index (χ4v) is 3.28. The summed E-state index contributed by atoms with van der Waals surface area (Å²) < 4.78 is 7.00. The molecule has 0 saturated carbocycles. The molecule has 2 aromatic carbocycles. The molecule has 0 bridgehead atoms. The molecule has 0 unspecified atom stereocenters. The Bertz CT molecular complexity index is 1010. The van der Waals surface area contributed by atoms with E-state index in [4.69, 9.17) is 16.3 Å². The Morgan fingerprint density at radius 1 is 1.20 bits per heavy atom. The molecule has 25 heavy (non-hydrogen) atoms. The van der Waals surface area contributed by atoms with Crippen molar-refractivity contribution in [2.75, 3.05) is 12.4 Å². The van der Waals surface area contributed by atoms with Gasteiger partial charge in [0.1, 0.15) is 11.6 Å². The number of anilines is 2. The largest absolute Gasteiger partial charge is 0.497 e. The third-order valence-electron chi connectivity index (χ3n) is 4.34. The van der Waals surface area contributed by atoms with Crippen LogP contribution in [-0.2, 0) is 13.0 Å². The SMILES string of the molecule is COc1ccc2c(c1)CCn1c-2cc(Nc2ccccc2Cl)nc1=O. The Morgan fingerprint density at radius 3 is 2.84 bits per heavy atom. The number of aromatic nitrogens is 2. The zero-order valence-electron chi connectivity index (χ0n) is 13.6. The summed E-state index contributed by atoms with van der Waals surface area (Å²) >= 11 is 6.18. The minimum absolute atomic E-state index is 0.270. The fraction of sp³-hybridized carbons (Fsp3) is 0.158. The Hall–Kier alpha value is -2.79. The van der Waals surface area contributed by atoms with E-state index in [-0.39, 0.29) is 5.69 Å². The lowest BCUT2D eigenvalue weighted by Crippen LogP contribution is -2.28. The number of nitrogens with one attached hydrogen (secondary N) is 1. The van der Waals surface area contributed by atoms with Crippen molar-refractivity contribution in [2.24, 2.45) is 0 Å². The van der Waals surface area contributed by atoms with E-state index in [1.54, 1.807) is 17.7 Å². The third kappa shape index (κ3) is 2.87. The van der Waals surface area contributed by atoms with Crippen LogP contribution >= 0.6 is 11.6 Å². The average Bonchev–Trinajstić information content (AvgIpc) is 2.63. The van der Waals surface area contributed by atoms with Crippen molar-refractivity contribution >= 4 is 23.1 Å². The molecule has 0 atom stereocenters. The fourth-order valence-electron chi connectivity index (χ4n) is 3.10. The molecule has 0 amide bonds. The highest BCUT2D eigenvalue weighted by molar-refractivity contribution is 6.33. The van der Waals surface area contributed by atoms with E-state index in [0.717, 1.165) is 29.0 Å². The van der Waals surface area contributed by atoms with Crippen LogP contribution in [0, 0.1) is 0 Å². The van der Waals surface area contributed by atoms with Crippen LogP contribution in [0.3, 0.4) is 0 Å². The molecule has 0 spiro atoms. The normalized spacial score (nSPS) is 12.2. The summed E-state index contributed by atoms with van der Waals surface area (Å²) in [4.78, 5) is 16.6. The van der Waals surface area contributed by atoms with Gasteiger partial charge in [-0.25, -0.2) is 4.79 Å². The van der Waals surface area contributed by atoms with E-state index < -0.39 is 0 Å². The monoisotopic (exact) mass is 353 g/mol. The molecule has 1 aliphatic heterocycles. The van der Waals surface area contributed by atoms with Crippen LogP contribution in [0.15, 0.2) is 53.3 Å². The number of ether oxygens (including phenoxy) is 1. The molecule has 5 nitrogen and oxygen atoms in total. The van der Waals surface area contributed by atoms with Gasteiger partial charge >= 0.3 is 5.69 Å². The maximum absolute atomic E-state index is 12.4. The number of para-hydroxylation sites is 1. The molecular weight excluding hydrogens is 338 g/mol. The van der Waals surface area contributed by atoms with Crippen molar-refractivity contribution < 1.29 is 4.74 Å². The molecule has 4 rings (SSSR count). The van der Waals surface area contributed by atoms with E-state index in [9.17, 15) is 4.79 Å². The number of methoxy groups -OCH3 is 1. The van der Waals surface area contributed by atoms with Gasteiger partial charge in [0.15, 0.2) is 0 Å². The van der Waals surface area contributed by atoms with Crippen LogP contribution < -0.4 is 15.7 Å². The van der Waals surface area contributed by atoms with Crippen molar-refractivity contribution in [1.82, 2.24) is 9.55 Å². The molecule has 126 valence electrons. The second kappa shape index (κ2) is 6.26. The minimum Gasteiger partial charge on any atom is -0.497 e. The Morgan fingerprint density at radius 2 is 2.04 bits per heavy atom. The number of halogens is 1. The lowest BCUT2D eigenvalue weighted by Gasteiger charge is -2.22. The van der Waals surface area contributed by atoms with Gasteiger partial charge in [0.05, 0.1) is 23.5 Å². The Labute approximate surface area is 149 Å². The first-order valence-corrected chi connectivity index (χ1v) is 8.34. The van der Waals surface area contributed by atoms with Crippen molar-refractivity contribution in [3.8, 4) is 17.0 Å². The standard InChI is InChI=1S/C19H16ClN3O2/c1-25-13-6-7-14-12(10-13)8-9-23-17(14)11-18(22-19(23)24)21-16-5-3-2-4-15(16)20/h2-7,10-11H,8-9H2,1H3,(H,21,22,24). The van der Waals surface area contributed by atoms with Crippen LogP contribution in [0.5, 0.6) is 5.75 Å². The highest BCUT2D eigenvalue weighted by Crippen LogP contribution is 2.32. The molecule has 0 radical (unpaired) electrons. The molecule has 0 fully saturated rings. The summed E-state index contributed by atoms with van der Waals surface area (Å²) in [6.45, 7) is 0.605. The second-order valence-corrected chi connectivity index (χ2v) is 6.25. The third-order valence-corrected chi connectivity index (χ3v) is 4.67. The lowest BCUT2D eigenvalue weighted by molar-refractivity contribution is 0.414. The predicted octanol–water partition coefficient (Wildman–Crippen LogP) is 3.87. The van der Waals surface area contributed by atoms with Crippen molar-refractivity contribution in [3.05, 3.63) is 69.6 Å². The number of nitrogens with zero attached hydrogens (tertiary/aromatic N) is 2. The van der Waals surface area contributed by atoms with Crippen LogP contribution in [-0.4, -0.2) is 16.7 Å². The van der Waals surface area contributed by atoms with Gasteiger partial charge < -0.3 is 10.1 Å². The maximum Gasteiger partial charge on any atom is 0.350 e. The molecule has 1 N–H and O–H groups in total. The van der Waals surface area contributed by atoms with Crippen molar-refractivity contribution in [2.45, 2.75) is 13.0 Å². The highest BCUT2D eigenvalue weighted by atomic mass is 35.5. The number of rotatable bonds is 3. The van der Waals surface area contributed by atoms with Gasteiger partial charge in [0.25, 0.3) is 0 Å². The predicted molar refractivity (Wildman–Crippen MR) is 98.9 cm³/mol. The molecule has 3 aromatic rings. The first kappa shape index (κ1) is 15.7. The summed E-state index contributed by atoms with van der Waals surface area (Å²) in [7, 11) is 1.65. The van der Waals surface area contributed by atoms with E-state index in [0.29, 0.717) is 23.1 Å². The Kier molecular flexibility index (Phi) is 3.93. The van der Waals surface area contributed by atoms with Crippen LogP contribution in [0.2, 0.25) is 5.02 Å². The van der Waals surface area contributed by atoms with Gasteiger partial charge in [-0.05, 0) is 42.3 Å². The average molecular weight is 354 g/mol. The van der Waals surface area contributed by atoms with E-state index >= 15 is 0 Å². The first-order chi connectivity index (χ1) is 12.2. The molecule has 1 aromatic heterocycles. The molecule has 6 heteroatoms. The number of hydrogen-bond acceptors (Lipinski definition) is 4. The summed E-state index contributed by atoms with van der Waals surface area (Å²) in [5, 5.41) is 3.71. The zero-order valence-corrected chi connectivity index (χ0v) is 14.4. The van der Waals surface area contributed by atoms with E-state index in [1.807, 2.05) is 42.5 Å². The van der Waals surface area contributed by atoms with E-state index in [2.05, 4.69) is 10.3 Å². The minimum atomic E-state index is -0.270. The molecule has 2 heterocycles. The molecule has 0 saturated heterocycles. The van der Waals surface area contributed by atoms with Crippen LogP contribution in [0.25, 0.3) is 11.3 Å². The Balaban J connectivity index is 1.80. The number of fused-ring (bicyclic) bond motifs is 3. The summed E-state index contributed by atoms with van der Waals surface area (Å²) in [6.07, 6.45) is 0.776. The number of benzene rings is 2. The topological polar surface area (TPSA) is 56.1 Å². The van der Waals surface area contributed by atoms with Gasteiger partial charge in [0.2, 0.25) is 0 Å². The summed E-state index contributed by atoms with van der Waals surface area (Å²) in [5.74, 6) is 1.30.